The van der Waals surface area contributed by atoms with Crippen molar-refractivity contribution in [2.45, 2.75) is 6.36 Å². The maximum absolute atomic E-state index is 11.9. The van der Waals surface area contributed by atoms with E-state index in [0.29, 0.717) is 16.7 Å². The fourth-order valence-corrected chi connectivity index (χ4v) is 1.27. The van der Waals surface area contributed by atoms with Crippen LogP contribution >= 0.6 is 0 Å². The van der Waals surface area contributed by atoms with Gasteiger partial charge in [-0.2, -0.15) is 0 Å². The topological polar surface area (TPSA) is 22.4 Å². The molecule has 1 aromatic carbocycles. The summed E-state index contributed by atoms with van der Waals surface area (Å²) in [4.78, 5) is 0. The summed E-state index contributed by atoms with van der Waals surface area (Å²) in [6, 6.07) is 5.39. The van der Waals surface area contributed by atoms with E-state index in [1.807, 2.05) is 0 Å². The number of halogens is 3. The molecule has 0 N–H and O–H groups in total. The van der Waals surface area contributed by atoms with Gasteiger partial charge in [0, 0.05) is 12.3 Å². The summed E-state index contributed by atoms with van der Waals surface area (Å²) in [5.74, 6) is 0.130. The van der Waals surface area contributed by atoms with Gasteiger partial charge >= 0.3 is 6.36 Å². The predicted molar refractivity (Wildman–Crippen MR) is 47.4 cm³/mol. The number of alkyl halides is 3. The van der Waals surface area contributed by atoms with Crippen LogP contribution in [0.2, 0.25) is 0 Å². The Morgan fingerprint density at radius 3 is 2.60 bits per heavy atom. The van der Waals surface area contributed by atoms with Crippen molar-refractivity contribution in [3.05, 3.63) is 36.9 Å². The van der Waals surface area contributed by atoms with Crippen LogP contribution in [0, 0.1) is 6.92 Å². The van der Waals surface area contributed by atoms with Gasteiger partial charge in [0.1, 0.15) is 17.1 Å². The highest BCUT2D eigenvalue weighted by molar-refractivity contribution is 5.79. The van der Waals surface area contributed by atoms with E-state index < -0.39 is 6.36 Å². The fourth-order valence-electron chi connectivity index (χ4n) is 1.27. The molecule has 1 aromatic heterocycles. The van der Waals surface area contributed by atoms with Crippen LogP contribution in [0.15, 0.2) is 28.7 Å². The lowest BCUT2D eigenvalue weighted by molar-refractivity contribution is -0.274. The van der Waals surface area contributed by atoms with Gasteiger partial charge in [0.2, 0.25) is 0 Å². The number of hydrogen-bond donors (Lipinski definition) is 0. The highest BCUT2D eigenvalue weighted by Gasteiger charge is 2.31. The van der Waals surface area contributed by atoms with Gasteiger partial charge in [0.05, 0.1) is 0 Å². The lowest BCUT2D eigenvalue weighted by Crippen LogP contribution is -2.16. The first kappa shape index (κ1) is 9.89. The number of furan rings is 1. The molecule has 1 radical (unpaired) electrons. The smallest absolute Gasteiger partial charge is 0.461 e. The zero-order chi connectivity index (χ0) is 11.1. The molecule has 0 saturated carbocycles. The Bertz CT molecular complexity index is 485. The largest absolute Gasteiger partial charge is 0.573 e. The third-order valence-corrected chi connectivity index (χ3v) is 1.77. The Hall–Kier alpha value is -1.65. The van der Waals surface area contributed by atoms with Gasteiger partial charge in [-0.15, -0.1) is 13.2 Å². The van der Waals surface area contributed by atoms with Crippen LogP contribution in [0.4, 0.5) is 13.2 Å². The zero-order valence-corrected chi connectivity index (χ0v) is 7.47. The summed E-state index contributed by atoms with van der Waals surface area (Å²) in [5, 5.41) is 0.529. The third kappa shape index (κ3) is 2.23. The van der Waals surface area contributed by atoms with Gasteiger partial charge in [-0.25, -0.2) is 0 Å². The first-order valence-electron chi connectivity index (χ1n) is 4.05. The van der Waals surface area contributed by atoms with Crippen molar-refractivity contribution in [3.8, 4) is 5.75 Å². The Morgan fingerprint density at radius 1 is 1.20 bits per heavy atom. The lowest BCUT2D eigenvalue weighted by Gasteiger charge is -2.07. The maximum atomic E-state index is 11.9. The molecule has 0 aliphatic rings. The quantitative estimate of drug-likeness (QED) is 0.726. The van der Waals surface area contributed by atoms with Crippen molar-refractivity contribution in [1.29, 1.82) is 0 Å². The summed E-state index contributed by atoms with van der Waals surface area (Å²) in [6.07, 6.45) is -4.68. The minimum atomic E-state index is -4.68. The van der Waals surface area contributed by atoms with Crippen LogP contribution in [0.3, 0.4) is 0 Å². The molecule has 0 spiro atoms. The van der Waals surface area contributed by atoms with E-state index in [2.05, 4.69) is 11.7 Å². The van der Waals surface area contributed by atoms with Crippen LogP contribution in [0.1, 0.15) is 5.76 Å². The van der Waals surface area contributed by atoms with Crippen LogP contribution in [-0.4, -0.2) is 6.36 Å². The van der Waals surface area contributed by atoms with Gasteiger partial charge in [-0.05, 0) is 24.3 Å². The number of fused-ring (bicyclic) bond motifs is 1. The van der Waals surface area contributed by atoms with E-state index in [4.69, 9.17) is 4.42 Å². The van der Waals surface area contributed by atoms with Crippen molar-refractivity contribution in [3.63, 3.8) is 0 Å². The van der Waals surface area contributed by atoms with Crippen molar-refractivity contribution < 1.29 is 22.3 Å². The molecular formula is C10H6F3O2. The molecule has 0 amide bonds. The average Bonchev–Trinajstić information content (AvgIpc) is 2.40. The lowest BCUT2D eigenvalue weighted by atomic mass is 10.2. The van der Waals surface area contributed by atoms with E-state index in [-0.39, 0.29) is 5.75 Å². The van der Waals surface area contributed by atoms with Gasteiger partial charge in [0.15, 0.2) is 0 Å². The van der Waals surface area contributed by atoms with Crippen molar-refractivity contribution in [2.75, 3.05) is 0 Å². The molecule has 0 unspecified atom stereocenters. The summed E-state index contributed by atoms with van der Waals surface area (Å²) >= 11 is 0. The maximum Gasteiger partial charge on any atom is 0.573 e. The molecule has 1 heterocycles. The highest BCUT2D eigenvalue weighted by Crippen LogP contribution is 2.27. The SMILES string of the molecule is [CH2]c1cc2cc(OC(F)(F)F)ccc2o1. The van der Waals surface area contributed by atoms with Crippen LogP contribution in [0.5, 0.6) is 5.75 Å². The molecule has 0 saturated heterocycles. The first-order chi connectivity index (χ1) is 6.94. The molecule has 0 aliphatic carbocycles. The minimum Gasteiger partial charge on any atom is -0.461 e. The molecule has 0 atom stereocenters. The number of hydrogen-bond acceptors (Lipinski definition) is 2. The average molecular weight is 215 g/mol. The van der Waals surface area contributed by atoms with Crippen molar-refractivity contribution >= 4 is 11.0 Å². The molecule has 2 aromatic rings. The molecule has 5 heteroatoms. The zero-order valence-electron chi connectivity index (χ0n) is 7.47. The normalized spacial score (nSPS) is 12.0. The van der Waals surface area contributed by atoms with E-state index in [9.17, 15) is 13.2 Å². The second-order valence-electron chi connectivity index (χ2n) is 2.96. The van der Waals surface area contributed by atoms with Crippen molar-refractivity contribution in [2.24, 2.45) is 0 Å². The first-order valence-corrected chi connectivity index (χ1v) is 4.05. The van der Waals surface area contributed by atoms with E-state index >= 15 is 0 Å². The standard InChI is InChI=1S/C10H6F3O2/c1-6-4-7-5-8(15-10(11,12)13)2-3-9(7)14-6/h2-5H,1H2. The third-order valence-electron chi connectivity index (χ3n) is 1.77. The summed E-state index contributed by atoms with van der Waals surface area (Å²) in [5.41, 5.74) is 0.481. The Labute approximate surface area is 83.2 Å². The molecule has 79 valence electrons. The van der Waals surface area contributed by atoms with E-state index in [1.54, 1.807) is 6.07 Å². The summed E-state index contributed by atoms with van der Waals surface area (Å²) < 4.78 is 44.5. The predicted octanol–water partition coefficient (Wildman–Crippen LogP) is 3.51. The van der Waals surface area contributed by atoms with Crippen LogP contribution in [0.25, 0.3) is 11.0 Å². The van der Waals surface area contributed by atoms with Crippen molar-refractivity contribution in [1.82, 2.24) is 0 Å². The summed E-state index contributed by atoms with van der Waals surface area (Å²) in [6.45, 7) is 3.53. The second kappa shape index (κ2) is 3.18. The molecule has 2 rings (SSSR count). The van der Waals surface area contributed by atoms with Crippen LogP contribution in [-0.2, 0) is 0 Å². The summed E-state index contributed by atoms with van der Waals surface area (Å²) in [7, 11) is 0. The van der Waals surface area contributed by atoms with E-state index in [1.165, 1.54) is 18.2 Å². The van der Waals surface area contributed by atoms with E-state index in [0.717, 1.165) is 0 Å². The van der Waals surface area contributed by atoms with Gasteiger partial charge in [0.25, 0.3) is 0 Å². The minimum absolute atomic E-state index is 0.268. The fraction of sp³-hybridized carbons (Fsp3) is 0.100. The monoisotopic (exact) mass is 215 g/mol. The Kier molecular flexibility index (Phi) is 2.10. The van der Waals surface area contributed by atoms with Gasteiger partial charge in [-0.1, -0.05) is 0 Å². The highest BCUT2D eigenvalue weighted by atomic mass is 19.4. The number of benzene rings is 1. The second-order valence-corrected chi connectivity index (χ2v) is 2.96. The van der Waals surface area contributed by atoms with Gasteiger partial charge in [-0.3, -0.25) is 0 Å². The molecule has 0 aliphatic heterocycles. The molecule has 0 fully saturated rings. The molecule has 0 bridgehead atoms. The molecule has 15 heavy (non-hydrogen) atoms. The number of ether oxygens (including phenoxy) is 1. The van der Waals surface area contributed by atoms with Crippen LogP contribution < -0.4 is 4.74 Å². The Balaban J connectivity index is 2.38. The van der Waals surface area contributed by atoms with Gasteiger partial charge < -0.3 is 9.15 Å². The number of rotatable bonds is 1. The Morgan fingerprint density at radius 2 is 1.93 bits per heavy atom. The molecule has 2 nitrogen and oxygen atoms in total. The molecular weight excluding hydrogens is 209 g/mol.